The SMILES string of the molecule is CC1CCCCN1c1ccc(NC(=O)CCCN)nc1. The summed E-state index contributed by atoms with van der Waals surface area (Å²) in [5, 5.41) is 2.79. The number of hydrogen-bond donors (Lipinski definition) is 2. The fourth-order valence-corrected chi connectivity index (χ4v) is 2.58. The number of piperidine rings is 1. The topological polar surface area (TPSA) is 71.2 Å². The van der Waals surface area contributed by atoms with Crippen LogP contribution in [-0.2, 0) is 4.79 Å². The Hall–Kier alpha value is -1.62. The summed E-state index contributed by atoms with van der Waals surface area (Å²) in [5.41, 5.74) is 6.52. The van der Waals surface area contributed by atoms with Crippen LogP contribution in [0, 0.1) is 0 Å². The second kappa shape index (κ2) is 7.24. The van der Waals surface area contributed by atoms with E-state index in [2.05, 4.69) is 22.1 Å². The molecule has 0 aliphatic carbocycles. The van der Waals surface area contributed by atoms with E-state index in [0.717, 1.165) is 12.2 Å². The maximum atomic E-state index is 11.6. The standard InChI is InChI=1S/C15H24N4O/c1-12-5-2-3-10-19(12)13-7-8-14(17-11-13)18-15(20)6-4-9-16/h7-8,11-12H,2-6,9-10,16H2,1H3,(H,17,18,20). The van der Waals surface area contributed by atoms with Crippen molar-refractivity contribution in [2.45, 2.75) is 45.1 Å². The molecule has 1 aromatic rings. The van der Waals surface area contributed by atoms with Gasteiger partial charge in [-0.25, -0.2) is 4.98 Å². The molecular formula is C15H24N4O. The zero-order valence-electron chi connectivity index (χ0n) is 12.1. The number of anilines is 2. The predicted octanol–water partition coefficient (Wildman–Crippen LogP) is 2.14. The number of hydrogen-bond acceptors (Lipinski definition) is 4. The molecule has 2 rings (SSSR count). The molecule has 3 N–H and O–H groups in total. The van der Waals surface area contributed by atoms with Gasteiger partial charge in [0.2, 0.25) is 5.91 Å². The van der Waals surface area contributed by atoms with Gasteiger partial charge < -0.3 is 16.0 Å². The molecule has 1 aliphatic heterocycles. The summed E-state index contributed by atoms with van der Waals surface area (Å²) in [4.78, 5) is 18.3. The molecule has 0 aromatic carbocycles. The molecule has 110 valence electrons. The molecule has 2 heterocycles. The maximum absolute atomic E-state index is 11.6. The fourth-order valence-electron chi connectivity index (χ4n) is 2.58. The number of aromatic nitrogens is 1. The summed E-state index contributed by atoms with van der Waals surface area (Å²) in [7, 11) is 0. The highest BCUT2D eigenvalue weighted by molar-refractivity contribution is 5.89. The van der Waals surface area contributed by atoms with E-state index < -0.39 is 0 Å². The second-order valence-corrected chi connectivity index (χ2v) is 5.38. The van der Waals surface area contributed by atoms with Gasteiger partial charge in [0, 0.05) is 19.0 Å². The lowest BCUT2D eigenvalue weighted by molar-refractivity contribution is -0.116. The van der Waals surface area contributed by atoms with Crippen LogP contribution in [0.15, 0.2) is 18.3 Å². The van der Waals surface area contributed by atoms with Gasteiger partial charge in [-0.3, -0.25) is 4.79 Å². The van der Waals surface area contributed by atoms with Crippen molar-refractivity contribution in [3.05, 3.63) is 18.3 Å². The Bertz CT molecular complexity index is 432. The lowest BCUT2D eigenvalue weighted by Gasteiger charge is -2.35. The third-order valence-electron chi connectivity index (χ3n) is 3.76. The molecule has 0 bridgehead atoms. The first-order valence-electron chi connectivity index (χ1n) is 7.43. The Kier molecular flexibility index (Phi) is 5.35. The van der Waals surface area contributed by atoms with Crippen molar-refractivity contribution in [3.63, 3.8) is 0 Å². The average Bonchev–Trinajstić information content (AvgIpc) is 2.47. The number of amides is 1. The molecule has 0 spiro atoms. The van der Waals surface area contributed by atoms with Gasteiger partial charge in [-0.2, -0.15) is 0 Å². The Morgan fingerprint density at radius 3 is 3.00 bits per heavy atom. The molecule has 0 radical (unpaired) electrons. The Balaban J connectivity index is 1.93. The van der Waals surface area contributed by atoms with Gasteiger partial charge in [0.15, 0.2) is 0 Å². The van der Waals surface area contributed by atoms with E-state index >= 15 is 0 Å². The normalized spacial score (nSPS) is 18.9. The van der Waals surface area contributed by atoms with Crippen LogP contribution >= 0.6 is 0 Å². The fraction of sp³-hybridized carbons (Fsp3) is 0.600. The molecule has 0 saturated carbocycles. The van der Waals surface area contributed by atoms with Crippen molar-refractivity contribution in [2.75, 3.05) is 23.3 Å². The Morgan fingerprint density at radius 1 is 1.50 bits per heavy atom. The van der Waals surface area contributed by atoms with E-state index in [1.54, 1.807) is 0 Å². The van der Waals surface area contributed by atoms with Gasteiger partial charge in [-0.05, 0) is 51.3 Å². The third-order valence-corrected chi connectivity index (χ3v) is 3.76. The highest BCUT2D eigenvalue weighted by atomic mass is 16.1. The van der Waals surface area contributed by atoms with Gasteiger partial charge in [0.1, 0.15) is 5.82 Å². The van der Waals surface area contributed by atoms with Crippen LogP contribution in [0.2, 0.25) is 0 Å². The lowest BCUT2D eigenvalue weighted by atomic mass is 10.0. The van der Waals surface area contributed by atoms with Crippen LogP contribution in [0.5, 0.6) is 0 Å². The highest BCUT2D eigenvalue weighted by Crippen LogP contribution is 2.24. The monoisotopic (exact) mass is 276 g/mol. The van der Waals surface area contributed by atoms with Crippen molar-refractivity contribution in [3.8, 4) is 0 Å². The lowest BCUT2D eigenvalue weighted by Crippen LogP contribution is -2.37. The maximum Gasteiger partial charge on any atom is 0.225 e. The molecule has 1 aromatic heterocycles. The van der Waals surface area contributed by atoms with E-state index in [0.29, 0.717) is 31.2 Å². The van der Waals surface area contributed by atoms with Crippen molar-refractivity contribution < 1.29 is 4.79 Å². The van der Waals surface area contributed by atoms with Gasteiger partial charge in [0.05, 0.1) is 11.9 Å². The predicted molar refractivity (Wildman–Crippen MR) is 81.8 cm³/mol. The molecule has 1 fully saturated rings. The van der Waals surface area contributed by atoms with Crippen molar-refractivity contribution in [1.82, 2.24) is 4.98 Å². The van der Waals surface area contributed by atoms with Gasteiger partial charge in [0.25, 0.3) is 0 Å². The molecule has 5 nitrogen and oxygen atoms in total. The van der Waals surface area contributed by atoms with Gasteiger partial charge in [-0.15, -0.1) is 0 Å². The first kappa shape index (κ1) is 14.8. The Morgan fingerprint density at radius 2 is 2.35 bits per heavy atom. The summed E-state index contributed by atoms with van der Waals surface area (Å²) in [6.07, 6.45) is 6.78. The quantitative estimate of drug-likeness (QED) is 0.864. The molecule has 1 amide bonds. The summed E-state index contributed by atoms with van der Waals surface area (Å²) >= 11 is 0. The van der Waals surface area contributed by atoms with Gasteiger partial charge in [-0.1, -0.05) is 0 Å². The van der Waals surface area contributed by atoms with E-state index in [-0.39, 0.29) is 5.91 Å². The highest BCUT2D eigenvalue weighted by Gasteiger charge is 2.18. The van der Waals surface area contributed by atoms with Gasteiger partial charge >= 0.3 is 0 Å². The number of carbonyl (C=O) groups excluding carboxylic acids is 1. The number of rotatable bonds is 5. The molecule has 1 unspecified atom stereocenters. The summed E-state index contributed by atoms with van der Waals surface area (Å²) < 4.78 is 0. The van der Waals surface area contributed by atoms with Crippen molar-refractivity contribution in [1.29, 1.82) is 0 Å². The van der Waals surface area contributed by atoms with Crippen LogP contribution in [0.4, 0.5) is 11.5 Å². The minimum Gasteiger partial charge on any atom is -0.368 e. The van der Waals surface area contributed by atoms with E-state index in [9.17, 15) is 4.79 Å². The third kappa shape index (κ3) is 3.93. The van der Waals surface area contributed by atoms with Crippen LogP contribution < -0.4 is 16.0 Å². The van der Waals surface area contributed by atoms with E-state index in [1.165, 1.54) is 19.3 Å². The first-order chi connectivity index (χ1) is 9.70. The minimum atomic E-state index is -0.0259. The smallest absolute Gasteiger partial charge is 0.225 e. The zero-order valence-corrected chi connectivity index (χ0v) is 12.1. The molecule has 1 atom stereocenters. The number of nitrogens with zero attached hydrogens (tertiary/aromatic N) is 2. The summed E-state index contributed by atoms with van der Waals surface area (Å²) in [5.74, 6) is 0.586. The molecule has 5 heteroatoms. The van der Waals surface area contributed by atoms with Crippen LogP contribution in [0.1, 0.15) is 39.0 Å². The van der Waals surface area contributed by atoms with Crippen molar-refractivity contribution in [2.24, 2.45) is 5.73 Å². The number of carbonyl (C=O) groups is 1. The second-order valence-electron chi connectivity index (χ2n) is 5.38. The minimum absolute atomic E-state index is 0.0259. The molecule has 1 saturated heterocycles. The van der Waals surface area contributed by atoms with Crippen LogP contribution in [0.25, 0.3) is 0 Å². The molecule has 1 aliphatic rings. The summed E-state index contributed by atoms with van der Waals surface area (Å²) in [6.45, 7) is 3.87. The van der Waals surface area contributed by atoms with E-state index in [4.69, 9.17) is 5.73 Å². The Labute approximate surface area is 120 Å². The molecule has 20 heavy (non-hydrogen) atoms. The zero-order chi connectivity index (χ0) is 14.4. The van der Waals surface area contributed by atoms with E-state index in [1.807, 2.05) is 18.3 Å². The number of pyridine rings is 1. The van der Waals surface area contributed by atoms with Crippen LogP contribution in [0.3, 0.4) is 0 Å². The number of nitrogens with two attached hydrogens (primary N) is 1. The van der Waals surface area contributed by atoms with Crippen LogP contribution in [-0.4, -0.2) is 30.0 Å². The average molecular weight is 276 g/mol. The number of nitrogens with one attached hydrogen (secondary N) is 1. The largest absolute Gasteiger partial charge is 0.368 e. The first-order valence-corrected chi connectivity index (χ1v) is 7.43. The summed E-state index contributed by atoms with van der Waals surface area (Å²) in [6, 6.07) is 4.47. The molecular weight excluding hydrogens is 252 g/mol. The van der Waals surface area contributed by atoms with Crippen molar-refractivity contribution >= 4 is 17.4 Å².